The maximum Gasteiger partial charge on any atom is 0.222 e. The minimum Gasteiger partial charge on any atom is -0.369 e. The zero-order chi connectivity index (χ0) is 13.2. The van der Waals surface area contributed by atoms with Crippen molar-refractivity contribution >= 4 is 11.9 Å². The van der Waals surface area contributed by atoms with Gasteiger partial charge in [0.1, 0.15) is 0 Å². The van der Waals surface area contributed by atoms with E-state index in [-0.39, 0.29) is 11.9 Å². The van der Waals surface area contributed by atoms with Crippen LogP contribution < -0.4 is 22.5 Å². The number of nitrogens with zero attached hydrogens (tertiary/aromatic N) is 4. The third-order valence-electron chi connectivity index (χ3n) is 3.30. The van der Waals surface area contributed by atoms with Crippen molar-refractivity contribution in [2.75, 3.05) is 39.8 Å². The van der Waals surface area contributed by atoms with Crippen LogP contribution in [0.25, 0.3) is 0 Å². The molecule has 0 aliphatic carbocycles. The lowest BCUT2D eigenvalue weighted by atomic mass is 10.2. The van der Waals surface area contributed by atoms with Gasteiger partial charge in [-0.2, -0.15) is 4.99 Å². The number of likely N-dealkylation sites (N-methyl/N-ethyl adjacent to an activating group) is 1. The molecule has 0 radical (unpaired) electrons. The summed E-state index contributed by atoms with van der Waals surface area (Å²) >= 11 is 0. The first-order valence-electron chi connectivity index (χ1n) is 6.14. The molecule has 0 saturated carbocycles. The standard InChI is InChI=1S/C10H22N8/c1-17-4-6-18(7-5-17)3-2-10(13)15-8(11)14-9(12)16-10/h2-7,13H2,1H3,(H5,11,12,14,15,16). The van der Waals surface area contributed by atoms with Crippen molar-refractivity contribution in [2.24, 2.45) is 27.2 Å². The van der Waals surface area contributed by atoms with Gasteiger partial charge in [0.05, 0.1) is 0 Å². The summed E-state index contributed by atoms with van der Waals surface area (Å²) in [6, 6.07) is 0. The van der Waals surface area contributed by atoms with Gasteiger partial charge >= 0.3 is 0 Å². The van der Waals surface area contributed by atoms with Crippen molar-refractivity contribution in [3.05, 3.63) is 0 Å². The largest absolute Gasteiger partial charge is 0.369 e. The highest BCUT2D eigenvalue weighted by molar-refractivity contribution is 5.95. The number of nitrogens with one attached hydrogen (secondary N) is 1. The predicted molar refractivity (Wildman–Crippen MR) is 71.9 cm³/mol. The number of aliphatic imine (C=N–C) groups is 2. The zero-order valence-corrected chi connectivity index (χ0v) is 10.8. The monoisotopic (exact) mass is 254 g/mol. The fourth-order valence-corrected chi connectivity index (χ4v) is 2.15. The summed E-state index contributed by atoms with van der Waals surface area (Å²) in [6.07, 6.45) is 0.646. The lowest BCUT2D eigenvalue weighted by Gasteiger charge is -2.35. The van der Waals surface area contributed by atoms with Crippen LogP contribution in [0, 0.1) is 0 Å². The molecule has 2 rings (SSSR count). The van der Waals surface area contributed by atoms with Gasteiger partial charge in [-0.15, -0.1) is 0 Å². The van der Waals surface area contributed by atoms with Crippen molar-refractivity contribution < 1.29 is 0 Å². The highest BCUT2D eigenvalue weighted by atomic mass is 15.4. The van der Waals surface area contributed by atoms with Crippen LogP contribution in [0.5, 0.6) is 0 Å². The van der Waals surface area contributed by atoms with Crippen LogP contribution in [0.15, 0.2) is 9.98 Å². The van der Waals surface area contributed by atoms with Gasteiger partial charge in [-0.05, 0) is 7.05 Å². The Hall–Kier alpha value is -1.38. The van der Waals surface area contributed by atoms with E-state index in [0.29, 0.717) is 6.42 Å². The van der Waals surface area contributed by atoms with E-state index in [4.69, 9.17) is 17.2 Å². The van der Waals surface area contributed by atoms with Gasteiger partial charge in [-0.25, -0.2) is 4.99 Å². The molecule has 0 aromatic heterocycles. The van der Waals surface area contributed by atoms with Crippen molar-refractivity contribution in [3.8, 4) is 0 Å². The minimum atomic E-state index is -0.931. The van der Waals surface area contributed by atoms with Crippen molar-refractivity contribution in [3.63, 3.8) is 0 Å². The molecule has 0 spiro atoms. The molecule has 1 saturated heterocycles. The van der Waals surface area contributed by atoms with Crippen LogP contribution in [-0.4, -0.2) is 67.3 Å². The van der Waals surface area contributed by atoms with E-state index in [1.165, 1.54) is 0 Å². The molecule has 1 fully saturated rings. The molecule has 0 amide bonds. The summed E-state index contributed by atoms with van der Waals surface area (Å²) in [5, 5.41) is 2.87. The van der Waals surface area contributed by atoms with Crippen LogP contribution in [0.4, 0.5) is 0 Å². The number of hydrogen-bond donors (Lipinski definition) is 4. The number of guanidine groups is 2. The van der Waals surface area contributed by atoms with E-state index in [2.05, 4.69) is 32.1 Å². The van der Waals surface area contributed by atoms with Crippen LogP contribution in [0.2, 0.25) is 0 Å². The average molecular weight is 254 g/mol. The molecule has 2 aliphatic rings. The first-order chi connectivity index (χ1) is 8.47. The normalized spacial score (nSPS) is 30.6. The lowest BCUT2D eigenvalue weighted by Crippen LogP contribution is -2.61. The van der Waals surface area contributed by atoms with Crippen LogP contribution in [-0.2, 0) is 0 Å². The maximum absolute atomic E-state index is 6.11. The van der Waals surface area contributed by atoms with Gasteiger partial charge < -0.3 is 26.6 Å². The number of rotatable bonds is 3. The average Bonchev–Trinajstić information content (AvgIpc) is 2.26. The molecule has 8 nitrogen and oxygen atoms in total. The summed E-state index contributed by atoms with van der Waals surface area (Å²) in [6.45, 7) is 5.13. The Morgan fingerprint density at radius 3 is 2.56 bits per heavy atom. The third kappa shape index (κ3) is 3.31. The SMILES string of the molecule is CN1CCN(CCC2(N)N=C(N)N=C(N)N2)CC1. The quantitative estimate of drug-likeness (QED) is 0.440. The molecule has 7 N–H and O–H groups in total. The van der Waals surface area contributed by atoms with Gasteiger partial charge in [0.2, 0.25) is 5.96 Å². The van der Waals surface area contributed by atoms with E-state index in [9.17, 15) is 0 Å². The van der Waals surface area contributed by atoms with Crippen LogP contribution >= 0.6 is 0 Å². The molecule has 0 aromatic rings. The molecule has 1 atom stereocenters. The van der Waals surface area contributed by atoms with E-state index in [1.54, 1.807) is 0 Å². The lowest BCUT2D eigenvalue weighted by molar-refractivity contribution is 0.142. The maximum atomic E-state index is 6.11. The second-order valence-corrected chi connectivity index (χ2v) is 4.91. The Morgan fingerprint density at radius 2 is 1.94 bits per heavy atom. The Labute approximate surface area is 107 Å². The minimum absolute atomic E-state index is 0.132. The summed E-state index contributed by atoms with van der Waals surface area (Å²) < 4.78 is 0. The fraction of sp³-hybridized carbons (Fsp3) is 0.800. The fourth-order valence-electron chi connectivity index (χ4n) is 2.15. The molecular weight excluding hydrogens is 232 g/mol. The van der Waals surface area contributed by atoms with Crippen molar-refractivity contribution in [1.82, 2.24) is 15.1 Å². The Morgan fingerprint density at radius 1 is 1.28 bits per heavy atom. The Bertz CT molecular complexity index is 357. The molecule has 102 valence electrons. The summed E-state index contributed by atoms with van der Waals surface area (Å²) in [7, 11) is 2.13. The van der Waals surface area contributed by atoms with Gasteiger partial charge in [-0.1, -0.05) is 0 Å². The summed E-state index contributed by atoms with van der Waals surface area (Å²) in [5.41, 5.74) is 17.3. The van der Waals surface area contributed by atoms with Gasteiger partial charge in [-0.3, -0.25) is 5.73 Å². The topological polar surface area (TPSA) is 121 Å². The number of piperazine rings is 1. The Kier molecular flexibility index (Phi) is 3.69. The molecule has 0 aromatic carbocycles. The number of nitrogens with two attached hydrogens (primary N) is 3. The summed E-state index contributed by atoms with van der Waals surface area (Å²) in [5.74, 6) is -0.574. The van der Waals surface area contributed by atoms with Crippen molar-refractivity contribution in [1.29, 1.82) is 0 Å². The van der Waals surface area contributed by atoms with Crippen LogP contribution in [0.3, 0.4) is 0 Å². The van der Waals surface area contributed by atoms with Crippen LogP contribution in [0.1, 0.15) is 6.42 Å². The number of hydrogen-bond acceptors (Lipinski definition) is 8. The molecule has 18 heavy (non-hydrogen) atoms. The van der Waals surface area contributed by atoms with Gasteiger partial charge in [0.25, 0.3) is 0 Å². The highest BCUT2D eigenvalue weighted by Crippen LogP contribution is 2.10. The van der Waals surface area contributed by atoms with E-state index >= 15 is 0 Å². The van der Waals surface area contributed by atoms with Gasteiger partial charge in [0.15, 0.2) is 11.7 Å². The molecule has 2 aliphatic heterocycles. The molecule has 0 bridgehead atoms. The first kappa shape index (κ1) is 13.1. The predicted octanol–water partition coefficient (Wildman–Crippen LogP) is -2.53. The van der Waals surface area contributed by atoms with E-state index in [0.717, 1.165) is 32.7 Å². The van der Waals surface area contributed by atoms with E-state index in [1.807, 2.05) is 0 Å². The first-order valence-corrected chi connectivity index (χ1v) is 6.14. The second kappa shape index (κ2) is 5.09. The molecular formula is C10H22N8. The Balaban J connectivity index is 1.85. The van der Waals surface area contributed by atoms with Gasteiger partial charge in [0, 0.05) is 39.1 Å². The molecule has 2 heterocycles. The molecule has 8 heteroatoms. The smallest absolute Gasteiger partial charge is 0.222 e. The summed E-state index contributed by atoms with van der Waals surface area (Å²) in [4.78, 5) is 12.6. The highest BCUT2D eigenvalue weighted by Gasteiger charge is 2.29. The van der Waals surface area contributed by atoms with Crippen molar-refractivity contribution in [2.45, 2.75) is 12.2 Å². The zero-order valence-electron chi connectivity index (χ0n) is 10.8. The third-order valence-corrected chi connectivity index (χ3v) is 3.30. The van der Waals surface area contributed by atoms with E-state index < -0.39 is 5.79 Å². The second-order valence-electron chi connectivity index (χ2n) is 4.91. The molecule has 1 unspecified atom stereocenters.